The van der Waals surface area contributed by atoms with Crippen LogP contribution in [0.5, 0.6) is 0 Å². The van der Waals surface area contributed by atoms with Gasteiger partial charge in [-0.3, -0.25) is 0 Å². The van der Waals surface area contributed by atoms with Crippen LogP contribution in [0.25, 0.3) is 0 Å². The first-order valence-electron chi connectivity index (χ1n) is 3.87. The molecule has 0 saturated heterocycles. The third kappa shape index (κ3) is 3.56. The van der Waals surface area contributed by atoms with E-state index in [4.69, 9.17) is 4.74 Å². The zero-order chi connectivity index (χ0) is 8.81. The molecule has 0 amide bonds. The average Bonchev–Trinajstić information content (AvgIpc) is 2.45. The molecule has 0 bridgehead atoms. The van der Waals surface area contributed by atoms with Crippen molar-refractivity contribution in [2.75, 3.05) is 19.5 Å². The molecule has 0 spiro atoms. The van der Waals surface area contributed by atoms with Crippen molar-refractivity contribution in [2.24, 2.45) is 0 Å². The summed E-state index contributed by atoms with van der Waals surface area (Å²) in [5, 5.41) is 2.08. The summed E-state index contributed by atoms with van der Waals surface area (Å²) < 4.78 is 6.12. The molecule has 0 radical (unpaired) electrons. The van der Waals surface area contributed by atoms with Crippen LogP contribution in [0.2, 0.25) is 0 Å². The summed E-state index contributed by atoms with van der Waals surface area (Å²) in [6, 6.07) is 0. The van der Waals surface area contributed by atoms with Crippen molar-refractivity contribution < 1.29 is 4.74 Å². The maximum atomic E-state index is 4.95. The van der Waals surface area contributed by atoms with Gasteiger partial charge >= 0.3 is 0 Å². The second-order valence-corrected chi connectivity index (χ2v) is 4.65. The zero-order valence-electron chi connectivity index (χ0n) is 7.37. The molecule has 0 N–H and O–H groups in total. The van der Waals surface area contributed by atoms with Gasteiger partial charge in [0.05, 0.1) is 0 Å². The number of aryl methyl sites for hydroxylation is 1. The van der Waals surface area contributed by atoms with E-state index in [1.165, 1.54) is 4.34 Å². The highest BCUT2D eigenvalue weighted by molar-refractivity contribution is 8.00. The minimum Gasteiger partial charge on any atom is -0.385 e. The smallest absolute Gasteiger partial charge is 0.150 e. The molecule has 0 aliphatic rings. The molecule has 0 saturated carbocycles. The first-order chi connectivity index (χ1) is 5.83. The van der Waals surface area contributed by atoms with E-state index in [9.17, 15) is 0 Å². The summed E-state index contributed by atoms with van der Waals surface area (Å²) in [6.45, 7) is 2.87. The molecule has 1 heterocycles. The average molecular weight is 203 g/mol. The van der Waals surface area contributed by atoms with Gasteiger partial charge in [-0.25, -0.2) is 4.98 Å². The second kappa shape index (κ2) is 5.56. The van der Waals surface area contributed by atoms with E-state index >= 15 is 0 Å². The van der Waals surface area contributed by atoms with E-state index in [2.05, 4.69) is 10.4 Å². The van der Waals surface area contributed by atoms with E-state index in [-0.39, 0.29) is 0 Å². The lowest BCUT2D eigenvalue weighted by atomic mass is 10.5. The molecule has 1 rings (SSSR count). The predicted molar refractivity (Wildman–Crippen MR) is 54.1 cm³/mol. The topological polar surface area (TPSA) is 22.1 Å². The van der Waals surface area contributed by atoms with Gasteiger partial charge in [0.1, 0.15) is 4.34 Å². The Bertz CT molecular complexity index is 225. The van der Waals surface area contributed by atoms with Crippen molar-refractivity contribution in [3.63, 3.8) is 0 Å². The van der Waals surface area contributed by atoms with E-state index in [1.807, 2.05) is 18.7 Å². The van der Waals surface area contributed by atoms with Gasteiger partial charge in [0, 0.05) is 30.5 Å². The normalized spacial score (nSPS) is 10.5. The van der Waals surface area contributed by atoms with Gasteiger partial charge in [-0.2, -0.15) is 0 Å². The molecule has 0 aliphatic heterocycles. The highest BCUT2D eigenvalue weighted by Gasteiger charge is 1.97. The molecule has 0 aromatic carbocycles. The number of thioether (sulfide) groups is 1. The monoisotopic (exact) mass is 203 g/mol. The Hall–Kier alpha value is -0.0600. The van der Waals surface area contributed by atoms with Crippen molar-refractivity contribution in [1.29, 1.82) is 0 Å². The van der Waals surface area contributed by atoms with Crippen LogP contribution in [0.1, 0.15) is 12.1 Å². The van der Waals surface area contributed by atoms with Crippen molar-refractivity contribution in [3.05, 3.63) is 11.1 Å². The minimum atomic E-state index is 0.845. The Morgan fingerprint density at radius 3 is 3.08 bits per heavy atom. The van der Waals surface area contributed by atoms with Crippen LogP contribution in [0.4, 0.5) is 0 Å². The lowest BCUT2D eigenvalue weighted by Crippen LogP contribution is -1.89. The number of hydrogen-bond acceptors (Lipinski definition) is 4. The quantitative estimate of drug-likeness (QED) is 0.542. The number of methoxy groups -OCH3 is 1. The molecule has 0 fully saturated rings. The van der Waals surface area contributed by atoms with Crippen molar-refractivity contribution in [1.82, 2.24) is 4.98 Å². The van der Waals surface area contributed by atoms with Gasteiger partial charge in [-0.05, 0) is 13.3 Å². The van der Waals surface area contributed by atoms with Gasteiger partial charge in [0.25, 0.3) is 0 Å². The van der Waals surface area contributed by atoms with Crippen molar-refractivity contribution >= 4 is 23.1 Å². The number of aromatic nitrogens is 1. The molecule has 12 heavy (non-hydrogen) atoms. The SMILES string of the molecule is COCCCSc1nc(C)cs1. The summed E-state index contributed by atoms with van der Waals surface area (Å²) in [5.74, 6) is 1.10. The third-order valence-corrected chi connectivity index (χ3v) is 3.54. The van der Waals surface area contributed by atoms with Crippen LogP contribution in [0, 0.1) is 6.92 Å². The molecular weight excluding hydrogens is 190 g/mol. The Labute approximate surface area is 81.4 Å². The van der Waals surface area contributed by atoms with Gasteiger partial charge in [0.2, 0.25) is 0 Å². The molecule has 0 atom stereocenters. The molecule has 68 valence electrons. The highest BCUT2D eigenvalue weighted by Crippen LogP contribution is 2.22. The summed E-state index contributed by atoms with van der Waals surface area (Å²) in [5.41, 5.74) is 1.12. The third-order valence-electron chi connectivity index (χ3n) is 1.32. The number of thiazole rings is 1. The van der Waals surface area contributed by atoms with Crippen LogP contribution in [0.3, 0.4) is 0 Å². The van der Waals surface area contributed by atoms with E-state index in [0.29, 0.717) is 0 Å². The molecule has 2 nitrogen and oxygen atoms in total. The van der Waals surface area contributed by atoms with Crippen molar-refractivity contribution in [2.45, 2.75) is 17.7 Å². The molecule has 0 aliphatic carbocycles. The predicted octanol–water partition coefficient (Wildman–Crippen LogP) is 2.58. The van der Waals surface area contributed by atoms with Gasteiger partial charge in [-0.1, -0.05) is 11.8 Å². The number of rotatable bonds is 5. The molecule has 4 heteroatoms. The Kier molecular flexibility index (Phi) is 4.65. The fourth-order valence-corrected chi connectivity index (χ4v) is 2.59. The largest absolute Gasteiger partial charge is 0.385 e. The molecule has 1 aromatic rings. The maximum Gasteiger partial charge on any atom is 0.150 e. The summed E-state index contributed by atoms with van der Waals surface area (Å²) in [4.78, 5) is 4.35. The minimum absolute atomic E-state index is 0.845. The molecule has 0 unspecified atom stereocenters. The first kappa shape index (κ1) is 10.0. The van der Waals surface area contributed by atoms with Crippen LogP contribution in [-0.2, 0) is 4.74 Å². The fraction of sp³-hybridized carbons (Fsp3) is 0.625. The van der Waals surface area contributed by atoms with Crippen LogP contribution >= 0.6 is 23.1 Å². The van der Waals surface area contributed by atoms with E-state index in [0.717, 1.165) is 24.5 Å². The second-order valence-electron chi connectivity index (χ2n) is 2.45. The summed E-state index contributed by atoms with van der Waals surface area (Å²) in [7, 11) is 1.73. The maximum absolute atomic E-state index is 4.95. The lowest BCUT2D eigenvalue weighted by Gasteiger charge is -1.96. The summed E-state index contributed by atoms with van der Waals surface area (Å²) in [6.07, 6.45) is 1.10. The highest BCUT2D eigenvalue weighted by atomic mass is 32.2. The Morgan fingerprint density at radius 2 is 2.50 bits per heavy atom. The van der Waals surface area contributed by atoms with Crippen LogP contribution < -0.4 is 0 Å². The van der Waals surface area contributed by atoms with E-state index < -0.39 is 0 Å². The van der Waals surface area contributed by atoms with Gasteiger partial charge in [0.15, 0.2) is 0 Å². The van der Waals surface area contributed by atoms with Crippen molar-refractivity contribution in [3.8, 4) is 0 Å². The van der Waals surface area contributed by atoms with E-state index in [1.54, 1.807) is 18.4 Å². The van der Waals surface area contributed by atoms with Gasteiger partial charge < -0.3 is 4.74 Å². The Balaban J connectivity index is 2.15. The molecule has 1 aromatic heterocycles. The van der Waals surface area contributed by atoms with Crippen LogP contribution in [-0.4, -0.2) is 24.5 Å². The lowest BCUT2D eigenvalue weighted by molar-refractivity contribution is 0.200. The fourth-order valence-electron chi connectivity index (χ4n) is 0.761. The van der Waals surface area contributed by atoms with Crippen LogP contribution in [0.15, 0.2) is 9.72 Å². The summed E-state index contributed by atoms with van der Waals surface area (Å²) >= 11 is 3.53. The number of ether oxygens (including phenoxy) is 1. The number of nitrogens with zero attached hydrogens (tertiary/aromatic N) is 1. The number of hydrogen-bond donors (Lipinski definition) is 0. The Morgan fingerprint density at radius 1 is 1.67 bits per heavy atom. The van der Waals surface area contributed by atoms with Gasteiger partial charge in [-0.15, -0.1) is 11.3 Å². The standard InChI is InChI=1S/C8H13NOS2/c1-7-6-12-8(9-7)11-5-3-4-10-2/h6H,3-5H2,1-2H3. The molecular formula is C8H13NOS2. The first-order valence-corrected chi connectivity index (χ1v) is 5.73. The zero-order valence-corrected chi connectivity index (χ0v) is 9.00.